The van der Waals surface area contributed by atoms with Crippen LogP contribution in [0.15, 0.2) is 282 Å². The van der Waals surface area contributed by atoms with E-state index in [4.69, 9.17) is 28.2 Å². The van der Waals surface area contributed by atoms with Gasteiger partial charge in [0.05, 0.1) is 68.7 Å². The van der Waals surface area contributed by atoms with Gasteiger partial charge in [0.1, 0.15) is 85.1 Å². The number of nitrogens with zero attached hydrogens (tertiary/aromatic N) is 5. The van der Waals surface area contributed by atoms with Crippen molar-refractivity contribution in [1.29, 1.82) is 0 Å². The van der Waals surface area contributed by atoms with E-state index in [0.717, 1.165) is 45.2 Å². The van der Waals surface area contributed by atoms with Crippen molar-refractivity contribution in [3.63, 3.8) is 0 Å². The van der Waals surface area contributed by atoms with E-state index < -0.39 is 76.7 Å². The molecule has 36 heteroatoms. The largest absolute Gasteiger partial charge is 0.507 e. The smallest absolute Gasteiger partial charge is 0.363 e. The molecule has 9 aliphatic rings. The number of hydroxylamine groups is 2. The molecule has 0 unspecified atom stereocenters. The minimum Gasteiger partial charge on any atom is -0.507 e. The molecule has 36 nitrogen and oxygen atoms in total. The number of anilines is 2. The number of amides is 5. The molecule has 4 aliphatic carbocycles. The van der Waals surface area contributed by atoms with Crippen molar-refractivity contribution >= 4 is 127 Å². The molecule has 5 aliphatic heterocycles. The topological polar surface area (TPSA) is 540 Å². The number of phenolic OH excluding ortho intramolecular Hbond substituents is 2. The van der Waals surface area contributed by atoms with E-state index in [1.807, 2.05) is 148 Å². The average molecular weight is 2020 g/mol. The fourth-order valence-corrected chi connectivity index (χ4v) is 17.8. The number of imide groups is 1. The quantitative estimate of drug-likeness (QED) is 0.0152. The van der Waals surface area contributed by atoms with Crippen LogP contribution >= 0.6 is 0 Å². The number of carbonyl (C=O) groups excluding carboxylic acids is 6. The van der Waals surface area contributed by atoms with Crippen LogP contribution in [0.25, 0.3) is 134 Å². The monoisotopic (exact) mass is 2020 g/mol. The number of aromatic carboxylic acids is 6. The highest BCUT2D eigenvalue weighted by Crippen LogP contribution is 2.49. The molecule has 0 atom stereocenters. The number of carboxylic acids is 6. The lowest BCUT2D eigenvalue weighted by atomic mass is 9.89. The van der Waals surface area contributed by atoms with Crippen LogP contribution in [0.1, 0.15) is 139 Å². The molecular weight excluding hydrogens is 1930 g/mol. The van der Waals surface area contributed by atoms with Crippen molar-refractivity contribution in [2.24, 2.45) is 5.73 Å². The number of rotatable bonds is 24. The highest BCUT2D eigenvalue weighted by molar-refractivity contribution is 6.15. The lowest BCUT2D eigenvalue weighted by molar-refractivity contribution is -0.172. The van der Waals surface area contributed by atoms with Gasteiger partial charge in [-0.15, -0.1) is 5.06 Å². The van der Waals surface area contributed by atoms with E-state index in [2.05, 4.69) is 16.0 Å². The zero-order valence-electron chi connectivity index (χ0n) is 81.1. The second-order valence-electron chi connectivity index (χ2n) is 35.9. The van der Waals surface area contributed by atoms with Crippen LogP contribution in [-0.4, -0.2) is 174 Å². The molecular formula is C114H91N9O27+2. The second kappa shape index (κ2) is 41.7. The Morgan fingerprint density at radius 2 is 0.660 bits per heavy atom. The summed E-state index contributed by atoms with van der Waals surface area (Å²) in [6.45, 7) is -0.205. The predicted octanol–water partition coefficient (Wildman–Crippen LogP) is 15.1. The van der Waals surface area contributed by atoms with Gasteiger partial charge < -0.3 is 94.8 Å². The lowest BCUT2D eigenvalue weighted by Gasteiger charge is -2.19. The summed E-state index contributed by atoms with van der Waals surface area (Å²) in [7, 11) is 15.4. The molecule has 5 heterocycles. The Balaban J connectivity index is 0.000000167. The van der Waals surface area contributed by atoms with Gasteiger partial charge in [0.25, 0.3) is 29.5 Å². The van der Waals surface area contributed by atoms with Gasteiger partial charge in [-0.3, -0.25) is 33.6 Å². The first-order valence-electron chi connectivity index (χ1n) is 46.3. The molecule has 0 radical (unpaired) electrons. The van der Waals surface area contributed by atoms with E-state index in [9.17, 15) is 108 Å². The van der Waals surface area contributed by atoms with E-state index >= 15 is 0 Å². The minimum absolute atomic E-state index is 0.00659. The third kappa shape index (κ3) is 20.4. The Kier molecular flexibility index (Phi) is 28.2. The fraction of sp³-hybridized carbons (Fsp3) is 0.123. The molecule has 1 fully saturated rings. The summed E-state index contributed by atoms with van der Waals surface area (Å²) in [4.78, 5) is 182. The third-order valence-electron chi connectivity index (χ3n) is 25.5. The number of hydrogen-bond donors (Lipinski definition) is 12. The summed E-state index contributed by atoms with van der Waals surface area (Å²) < 4.78 is 28.7. The Hall–Kier alpha value is -20.0. The summed E-state index contributed by atoms with van der Waals surface area (Å²) in [5.74, 6) is -10.2. The first-order chi connectivity index (χ1) is 71.7. The number of carbonyl (C=O) groups is 12. The first-order valence-corrected chi connectivity index (χ1v) is 46.3. The van der Waals surface area contributed by atoms with Gasteiger partial charge in [-0.05, 0) is 191 Å². The molecule has 150 heavy (non-hydrogen) atoms. The van der Waals surface area contributed by atoms with Crippen LogP contribution in [0, 0.1) is 0 Å². The number of carboxylic acid groups (broad SMARTS) is 6. The summed E-state index contributed by atoms with van der Waals surface area (Å²) >= 11 is 0. The van der Waals surface area contributed by atoms with Crippen molar-refractivity contribution in [2.75, 3.05) is 66.2 Å². The zero-order valence-corrected chi connectivity index (χ0v) is 81.1. The Labute approximate surface area is 849 Å². The molecule has 0 spiro atoms. The van der Waals surface area contributed by atoms with Gasteiger partial charge in [-0.1, -0.05) is 48.5 Å². The first kappa shape index (κ1) is 101. The lowest BCUT2D eigenvalue weighted by Crippen LogP contribution is -2.32. The molecule has 10 aromatic rings. The number of aromatic hydroxyl groups is 2. The molecule has 19 rings (SSSR count). The number of nitrogens with two attached hydrogens (primary N) is 1. The number of nitrogens with one attached hydrogen (secondary N) is 3. The maximum absolute atomic E-state index is 13.6. The maximum Gasteiger partial charge on any atom is 0.363 e. The Morgan fingerprint density at radius 3 is 1.03 bits per heavy atom. The molecule has 5 amide bonds. The summed E-state index contributed by atoms with van der Waals surface area (Å²) in [6, 6.07) is 65.9. The Morgan fingerprint density at radius 1 is 0.340 bits per heavy atom. The molecule has 10 aromatic carbocycles. The molecule has 0 bridgehead atoms. The highest BCUT2D eigenvalue weighted by atomic mass is 16.7. The van der Waals surface area contributed by atoms with Gasteiger partial charge >= 0.3 is 41.8 Å². The molecule has 1 saturated heterocycles. The van der Waals surface area contributed by atoms with Crippen molar-refractivity contribution in [3.05, 3.63) is 364 Å². The average Bonchev–Trinajstić information content (AvgIpc) is 0.765. The van der Waals surface area contributed by atoms with E-state index in [0.29, 0.717) is 111 Å². The number of fused-ring (bicyclic) bond motifs is 8. The zero-order chi connectivity index (χ0) is 107. The number of benzene rings is 14. The molecule has 0 aromatic heterocycles. The minimum atomic E-state index is -1.40. The molecule has 13 N–H and O–H groups in total. The number of phenols is 2. The standard InChI is InChI=1S/C55H42N4O12.C37H32N4O8.C22H15NO7/c1-58(2)32-11-16-37-45(23-32)70-46-24-33(59(3)4)12-17-38(46)48(37)35-14-9-30(21-41(35)54(66)67)52(63)56-26-28-5-7-29(8-6-28)51(62)57-27-43-44(61)20-19-40-49(39-18-13-34(60)25-47(39)71-50(40)43)36-15-10-31(53(64)65)22-42(36)55(68)69;1-39(2)24-10-13-27-30(18-24)48-31-19-25(40(3)4)11-14-28(31)34(27)26-12-9-23(17-29(26)36(45)46)35(44)38-20-21-5-7-22(8-6-21)37(47)49-41-32(42)15-16-33(41)43;23-9-16-17(25)6-5-14-19(13-4-2-11(24)8-18(13)30-20(14)16)12-3-1-10(21(26)27)7-15(12)22(28)29/h5-25H,26-27H2,1-4H3,(H5-,56,57,60,61,62,63,64,65,66,67,68,69);5-14,17-19H,15-16,20H2,1-4H3,(H-,38,44,45,46);1-8,25H,9,23H2,(H,26,27)(H,28,29)/p+2. The van der Waals surface area contributed by atoms with Gasteiger partial charge in [0.2, 0.25) is 10.7 Å². The maximum atomic E-state index is 13.6. The van der Waals surface area contributed by atoms with Crippen LogP contribution in [0.5, 0.6) is 11.5 Å². The van der Waals surface area contributed by atoms with Crippen LogP contribution in [-0.2, 0) is 40.6 Å². The normalized spacial score (nSPS) is 11.7. The third-order valence-corrected chi connectivity index (χ3v) is 25.5. The van der Waals surface area contributed by atoms with E-state index in [1.54, 1.807) is 66.7 Å². The van der Waals surface area contributed by atoms with Crippen LogP contribution in [0.2, 0.25) is 0 Å². The van der Waals surface area contributed by atoms with Crippen LogP contribution < -0.4 is 62.2 Å². The predicted molar refractivity (Wildman–Crippen MR) is 554 cm³/mol. The van der Waals surface area contributed by atoms with Gasteiger partial charge in [0.15, 0.2) is 10.9 Å². The van der Waals surface area contributed by atoms with Crippen LogP contribution in [0.3, 0.4) is 0 Å². The van der Waals surface area contributed by atoms with Crippen molar-refractivity contribution in [3.8, 4) is 101 Å². The van der Waals surface area contributed by atoms with Crippen molar-refractivity contribution < 1.29 is 121 Å². The highest BCUT2D eigenvalue weighted by Gasteiger charge is 2.36. The number of hydrogen-bond acceptors (Lipinski definition) is 24. The second-order valence-corrected chi connectivity index (χ2v) is 35.9. The van der Waals surface area contributed by atoms with Gasteiger partial charge in [-0.2, -0.15) is 0 Å². The molecule has 752 valence electrons. The van der Waals surface area contributed by atoms with Gasteiger partial charge in [-0.25, -0.2) is 42.7 Å². The summed E-state index contributed by atoms with van der Waals surface area (Å²) in [5.41, 5.74) is 15.0. The van der Waals surface area contributed by atoms with Gasteiger partial charge in [0, 0.05) is 191 Å². The SMILES string of the molecule is CN(C)c1ccc2c(-c3ccc(C(=O)NCc4ccc(C(=O)NCc5c(O)ccc6c(-c7ccc(C(=O)O)cc7C(=O)O)c7ccc(=O)cc-7oc56)cc4)cc3C(=O)O)c3ccc(=[N+](C)C)cc-3oc2c1.CN(C)c1ccc2c(-c3ccc(C(=O)NCc4ccc(C(=O)ON5C(=O)CCC5=O)cc4)cc3C(=O)O)c3ccc(=[N+](C)C)cc-3oc2c1.NCc1c(O)ccc2c(-c3ccc(C(=O)O)cc3C(=O)O)c3ccc(=O)cc-3oc12. The molecule has 0 saturated carbocycles. The fourth-order valence-electron chi connectivity index (χ4n) is 17.8. The van der Waals surface area contributed by atoms with Crippen molar-refractivity contribution in [2.45, 2.75) is 39.0 Å². The Bertz CT molecular complexity index is 8870. The summed E-state index contributed by atoms with van der Waals surface area (Å²) in [6.07, 6.45) is -0.0132. The van der Waals surface area contributed by atoms with Crippen LogP contribution in [0.4, 0.5) is 11.4 Å². The van der Waals surface area contributed by atoms with E-state index in [1.165, 1.54) is 103 Å². The van der Waals surface area contributed by atoms with E-state index in [-0.39, 0.29) is 151 Å². The summed E-state index contributed by atoms with van der Waals surface area (Å²) in [5, 5.41) is 93.7. The van der Waals surface area contributed by atoms with Crippen molar-refractivity contribution in [1.82, 2.24) is 30.2 Å².